The summed E-state index contributed by atoms with van der Waals surface area (Å²) >= 11 is 2.47. The Hall–Kier alpha value is -0.590. The molecule has 0 amide bonds. The predicted octanol–water partition coefficient (Wildman–Crippen LogP) is 3.64. The van der Waals surface area contributed by atoms with Gasteiger partial charge in [0.25, 0.3) is 0 Å². The van der Waals surface area contributed by atoms with Gasteiger partial charge < -0.3 is 4.74 Å². The molecule has 0 aromatic heterocycles. The standard InChI is InChI=1S/C17H22F3IN2O3S/c18-17(19,20)26-15-3-5-16(6-4-15)27(24,25)23-10-7-14(8-11-23)22-9-1-2-13(21)12-22/h3-6,13-14H,1-2,7-12H2. The highest BCUT2D eigenvalue weighted by Gasteiger charge is 2.34. The first kappa shape index (κ1) is 21.1. The number of halogens is 4. The molecular formula is C17H22F3IN2O3S. The lowest BCUT2D eigenvalue weighted by atomic mass is 10.0. The molecule has 152 valence electrons. The molecule has 0 aliphatic carbocycles. The molecular weight excluding hydrogens is 496 g/mol. The SMILES string of the molecule is O=S(=O)(c1ccc(OC(F)(F)F)cc1)N1CCC(N2CCCC(I)C2)CC1. The fourth-order valence-corrected chi connectivity index (χ4v) is 6.11. The Morgan fingerprint density at radius 2 is 1.67 bits per heavy atom. The van der Waals surface area contributed by atoms with Crippen molar-refractivity contribution < 1.29 is 26.3 Å². The molecule has 10 heteroatoms. The minimum atomic E-state index is -4.80. The molecule has 2 heterocycles. The van der Waals surface area contributed by atoms with Crippen LogP contribution in [0.25, 0.3) is 0 Å². The average molecular weight is 518 g/mol. The Balaban J connectivity index is 1.61. The second-order valence-corrected chi connectivity index (χ2v) is 10.6. The third kappa shape index (κ3) is 5.48. The lowest BCUT2D eigenvalue weighted by molar-refractivity contribution is -0.274. The summed E-state index contributed by atoms with van der Waals surface area (Å²) in [6.45, 7) is 2.97. The van der Waals surface area contributed by atoms with Crippen LogP contribution in [-0.2, 0) is 10.0 Å². The smallest absolute Gasteiger partial charge is 0.406 e. The summed E-state index contributed by atoms with van der Waals surface area (Å²) in [6.07, 6.45) is -0.833. The molecule has 3 rings (SSSR count). The first-order valence-electron chi connectivity index (χ1n) is 8.89. The Morgan fingerprint density at radius 3 is 2.22 bits per heavy atom. The van der Waals surface area contributed by atoms with Crippen molar-refractivity contribution in [3.05, 3.63) is 24.3 Å². The van der Waals surface area contributed by atoms with E-state index in [0.717, 1.165) is 50.2 Å². The van der Waals surface area contributed by atoms with Gasteiger partial charge in [-0.2, -0.15) is 4.31 Å². The zero-order valence-corrected chi connectivity index (χ0v) is 17.6. The molecule has 0 bridgehead atoms. The summed E-state index contributed by atoms with van der Waals surface area (Å²) in [7, 11) is -3.71. The van der Waals surface area contributed by atoms with Gasteiger partial charge in [0, 0.05) is 29.6 Å². The molecule has 2 saturated heterocycles. The van der Waals surface area contributed by atoms with Crippen molar-refractivity contribution in [2.24, 2.45) is 0 Å². The maximum Gasteiger partial charge on any atom is 0.573 e. The monoisotopic (exact) mass is 518 g/mol. The van der Waals surface area contributed by atoms with Gasteiger partial charge in [-0.05, 0) is 56.5 Å². The number of alkyl halides is 4. The maximum absolute atomic E-state index is 12.8. The molecule has 0 spiro atoms. The third-order valence-electron chi connectivity index (χ3n) is 5.03. The minimum Gasteiger partial charge on any atom is -0.406 e. The van der Waals surface area contributed by atoms with Crippen molar-refractivity contribution in [1.82, 2.24) is 9.21 Å². The van der Waals surface area contributed by atoms with Crippen LogP contribution in [0, 0.1) is 0 Å². The molecule has 1 aromatic rings. The van der Waals surface area contributed by atoms with Gasteiger partial charge in [-0.25, -0.2) is 8.42 Å². The molecule has 5 nitrogen and oxygen atoms in total. The van der Waals surface area contributed by atoms with E-state index in [1.54, 1.807) is 0 Å². The van der Waals surface area contributed by atoms with E-state index in [9.17, 15) is 21.6 Å². The number of nitrogens with zero attached hydrogens (tertiary/aromatic N) is 2. The molecule has 1 atom stereocenters. The van der Waals surface area contributed by atoms with Crippen molar-refractivity contribution in [3.63, 3.8) is 0 Å². The second-order valence-electron chi connectivity index (χ2n) is 6.89. The van der Waals surface area contributed by atoms with Crippen LogP contribution in [0.2, 0.25) is 0 Å². The number of likely N-dealkylation sites (tertiary alicyclic amines) is 1. The van der Waals surface area contributed by atoms with Crippen LogP contribution in [0.3, 0.4) is 0 Å². The van der Waals surface area contributed by atoms with Gasteiger partial charge >= 0.3 is 6.36 Å². The lowest BCUT2D eigenvalue weighted by Crippen LogP contribution is -2.49. The van der Waals surface area contributed by atoms with E-state index < -0.39 is 22.1 Å². The molecule has 1 aromatic carbocycles. The van der Waals surface area contributed by atoms with Gasteiger partial charge in [-0.3, -0.25) is 4.90 Å². The zero-order valence-electron chi connectivity index (χ0n) is 14.7. The van der Waals surface area contributed by atoms with Crippen LogP contribution in [-0.4, -0.2) is 60.1 Å². The van der Waals surface area contributed by atoms with E-state index >= 15 is 0 Å². The lowest BCUT2D eigenvalue weighted by Gasteiger charge is -2.41. The molecule has 27 heavy (non-hydrogen) atoms. The second kappa shape index (κ2) is 8.42. The van der Waals surface area contributed by atoms with Crippen LogP contribution >= 0.6 is 22.6 Å². The summed E-state index contributed by atoms with van der Waals surface area (Å²) in [4.78, 5) is 2.45. The molecule has 0 N–H and O–H groups in total. The first-order valence-corrected chi connectivity index (χ1v) is 11.6. The maximum atomic E-state index is 12.8. The van der Waals surface area contributed by atoms with Crippen LogP contribution in [0.15, 0.2) is 29.2 Å². The van der Waals surface area contributed by atoms with Gasteiger partial charge in [0.05, 0.1) is 4.90 Å². The van der Waals surface area contributed by atoms with Crippen molar-refractivity contribution >= 4 is 32.6 Å². The number of sulfonamides is 1. The number of piperidine rings is 2. The minimum absolute atomic E-state index is 0.0132. The van der Waals surface area contributed by atoms with E-state index in [1.165, 1.54) is 17.1 Å². The van der Waals surface area contributed by atoms with Crippen LogP contribution in [0.4, 0.5) is 13.2 Å². The van der Waals surface area contributed by atoms with Crippen molar-refractivity contribution in [2.45, 2.75) is 46.9 Å². The zero-order chi connectivity index (χ0) is 19.7. The van der Waals surface area contributed by atoms with Crippen LogP contribution in [0.1, 0.15) is 25.7 Å². The van der Waals surface area contributed by atoms with E-state index in [1.807, 2.05) is 0 Å². The Labute approximate surface area is 171 Å². The van der Waals surface area contributed by atoms with Crippen LogP contribution < -0.4 is 4.74 Å². The number of hydrogen-bond acceptors (Lipinski definition) is 4. The number of hydrogen-bond donors (Lipinski definition) is 0. The highest BCUT2D eigenvalue weighted by atomic mass is 127. The number of ether oxygens (including phenoxy) is 1. The Bertz CT molecular complexity index is 735. The van der Waals surface area contributed by atoms with Gasteiger partial charge in [0.15, 0.2) is 0 Å². The van der Waals surface area contributed by atoms with E-state index in [0.29, 0.717) is 23.1 Å². The summed E-state index contributed by atoms with van der Waals surface area (Å²) in [5, 5.41) is 0. The largest absolute Gasteiger partial charge is 0.573 e. The van der Waals surface area contributed by atoms with Gasteiger partial charge in [-0.1, -0.05) is 22.6 Å². The fourth-order valence-electron chi connectivity index (χ4n) is 3.69. The van der Waals surface area contributed by atoms with Crippen molar-refractivity contribution in [1.29, 1.82) is 0 Å². The normalized spacial score (nSPS) is 24.1. The molecule has 1 unspecified atom stereocenters. The van der Waals surface area contributed by atoms with Gasteiger partial charge in [0.1, 0.15) is 5.75 Å². The van der Waals surface area contributed by atoms with E-state index in [-0.39, 0.29) is 4.90 Å². The molecule has 0 radical (unpaired) electrons. The topological polar surface area (TPSA) is 49.9 Å². The van der Waals surface area contributed by atoms with Crippen molar-refractivity contribution in [2.75, 3.05) is 26.2 Å². The van der Waals surface area contributed by atoms with E-state index in [4.69, 9.17) is 0 Å². The highest BCUT2D eigenvalue weighted by Crippen LogP contribution is 2.28. The fraction of sp³-hybridized carbons (Fsp3) is 0.647. The Kier molecular flexibility index (Phi) is 6.59. The number of benzene rings is 1. The van der Waals surface area contributed by atoms with Gasteiger partial charge in [0.2, 0.25) is 10.0 Å². The quantitative estimate of drug-likeness (QED) is 0.452. The summed E-state index contributed by atoms with van der Waals surface area (Å²) in [6, 6.07) is 4.78. The van der Waals surface area contributed by atoms with Gasteiger partial charge in [-0.15, -0.1) is 13.2 Å². The first-order chi connectivity index (χ1) is 12.6. The summed E-state index contributed by atoms with van der Waals surface area (Å²) < 4.78 is 68.1. The molecule has 2 aliphatic rings. The third-order valence-corrected chi connectivity index (χ3v) is 7.96. The van der Waals surface area contributed by atoms with Crippen molar-refractivity contribution in [3.8, 4) is 5.75 Å². The molecule has 2 aliphatic heterocycles. The summed E-state index contributed by atoms with van der Waals surface area (Å²) in [5.74, 6) is -0.432. The van der Waals surface area contributed by atoms with Crippen LogP contribution in [0.5, 0.6) is 5.75 Å². The average Bonchev–Trinajstić information content (AvgIpc) is 2.61. The molecule has 2 fully saturated rings. The molecule has 0 saturated carbocycles. The number of rotatable bonds is 4. The van der Waals surface area contributed by atoms with E-state index in [2.05, 4.69) is 32.2 Å². The summed E-state index contributed by atoms with van der Waals surface area (Å²) in [5.41, 5.74) is 0. The highest BCUT2D eigenvalue weighted by molar-refractivity contribution is 14.1. The predicted molar refractivity (Wildman–Crippen MR) is 104 cm³/mol. The Morgan fingerprint density at radius 1 is 1.04 bits per heavy atom.